The second kappa shape index (κ2) is 2.22. The molecule has 66 valence electrons. The van der Waals surface area contributed by atoms with Crippen molar-refractivity contribution < 1.29 is 8.42 Å². The van der Waals surface area contributed by atoms with Gasteiger partial charge >= 0.3 is 0 Å². The monoisotopic (exact) mass is 176 g/mol. The van der Waals surface area contributed by atoms with E-state index >= 15 is 0 Å². The molecule has 0 radical (unpaired) electrons. The van der Waals surface area contributed by atoms with Crippen LogP contribution in [0.3, 0.4) is 0 Å². The minimum Gasteiger partial charge on any atom is -0.229 e. The highest BCUT2D eigenvalue weighted by Gasteiger charge is 2.47. The van der Waals surface area contributed by atoms with E-state index in [0.29, 0.717) is 11.7 Å². The molecule has 1 heterocycles. The van der Waals surface area contributed by atoms with Gasteiger partial charge in [-0.3, -0.25) is 0 Å². The summed E-state index contributed by atoms with van der Waals surface area (Å²) in [4.78, 5) is 0. The fourth-order valence-corrected chi connectivity index (χ4v) is 4.14. The van der Waals surface area contributed by atoms with Crippen molar-refractivity contribution in [2.45, 2.75) is 32.9 Å². The second-order valence-corrected chi connectivity index (χ2v) is 6.56. The van der Waals surface area contributed by atoms with Crippen LogP contribution in [0.4, 0.5) is 0 Å². The molecule has 2 unspecified atom stereocenters. The fraction of sp³-hybridized carbons (Fsp3) is 1.00. The van der Waals surface area contributed by atoms with Crippen LogP contribution >= 0.6 is 0 Å². The lowest BCUT2D eigenvalue weighted by Crippen LogP contribution is -2.28. The maximum atomic E-state index is 11.4. The van der Waals surface area contributed by atoms with E-state index in [1.807, 2.05) is 27.7 Å². The smallest absolute Gasteiger partial charge is 0.153 e. The van der Waals surface area contributed by atoms with Crippen molar-refractivity contribution in [3.63, 3.8) is 0 Å². The van der Waals surface area contributed by atoms with E-state index in [-0.39, 0.29) is 10.7 Å². The summed E-state index contributed by atoms with van der Waals surface area (Å²) in [6.07, 6.45) is 0. The average molecular weight is 176 g/mol. The van der Waals surface area contributed by atoms with Gasteiger partial charge in [0.05, 0.1) is 11.0 Å². The Morgan fingerprint density at radius 2 is 1.73 bits per heavy atom. The van der Waals surface area contributed by atoms with Crippen LogP contribution in [-0.4, -0.2) is 19.4 Å². The molecule has 0 spiro atoms. The minimum atomic E-state index is -2.78. The molecule has 0 N–H and O–H groups in total. The second-order valence-electron chi connectivity index (χ2n) is 4.19. The average Bonchev–Trinajstić information content (AvgIpc) is 1.94. The van der Waals surface area contributed by atoms with Crippen LogP contribution in [0.1, 0.15) is 27.7 Å². The van der Waals surface area contributed by atoms with E-state index in [4.69, 9.17) is 0 Å². The molecule has 1 aliphatic rings. The highest BCUT2D eigenvalue weighted by molar-refractivity contribution is 7.92. The Morgan fingerprint density at radius 3 is 1.82 bits per heavy atom. The lowest BCUT2D eigenvalue weighted by molar-refractivity contribution is 0.271. The van der Waals surface area contributed by atoms with Gasteiger partial charge in [-0.25, -0.2) is 8.42 Å². The van der Waals surface area contributed by atoms with Crippen LogP contribution in [0.15, 0.2) is 0 Å². The normalized spacial score (nSPS) is 40.7. The molecule has 2 nitrogen and oxygen atoms in total. The first kappa shape index (κ1) is 9.04. The van der Waals surface area contributed by atoms with Gasteiger partial charge in [0.1, 0.15) is 0 Å². The van der Waals surface area contributed by atoms with E-state index in [1.165, 1.54) is 0 Å². The molecule has 1 fully saturated rings. The molecule has 0 bridgehead atoms. The zero-order chi connectivity index (χ0) is 8.86. The predicted molar refractivity (Wildman–Crippen MR) is 46.2 cm³/mol. The summed E-state index contributed by atoms with van der Waals surface area (Å²) in [6, 6.07) is 0. The maximum absolute atomic E-state index is 11.4. The van der Waals surface area contributed by atoms with Crippen LogP contribution < -0.4 is 0 Å². The first-order valence-corrected chi connectivity index (χ1v) is 5.71. The lowest BCUT2D eigenvalue weighted by atomic mass is 9.79. The Balaban J connectivity index is 3.09. The molecular weight excluding hydrogens is 160 g/mol. The Hall–Kier alpha value is -0.0500. The largest absolute Gasteiger partial charge is 0.229 e. The SMILES string of the molecule is CC1CS(=O)(=O)C(C)C1(C)C. The van der Waals surface area contributed by atoms with Crippen molar-refractivity contribution in [1.29, 1.82) is 0 Å². The van der Waals surface area contributed by atoms with Crippen LogP contribution in [0, 0.1) is 11.3 Å². The fourth-order valence-electron chi connectivity index (χ4n) is 1.57. The molecule has 0 saturated carbocycles. The van der Waals surface area contributed by atoms with Gasteiger partial charge in [-0.15, -0.1) is 0 Å². The van der Waals surface area contributed by atoms with Crippen molar-refractivity contribution in [1.82, 2.24) is 0 Å². The highest BCUT2D eigenvalue weighted by Crippen LogP contribution is 2.42. The summed E-state index contributed by atoms with van der Waals surface area (Å²) in [5.41, 5.74) is -0.0428. The zero-order valence-electron chi connectivity index (χ0n) is 7.59. The zero-order valence-corrected chi connectivity index (χ0v) is 8.40. The molecule has 0 aromatic carbocycles. The standard InChI is InChI=1S/C8H16O2S/c1-6-5-11(9,10)7(2)8(6,3)4/h6-7H,5H2,1-4H3. The van der Waals surface area contributed by atoms with E-state index in [1.54, 1.807) is 0 Å². The van der Waals surface area contributed by atoms with E-state index < -0.39 is 9.84 Å². The van der Waals surface area contributed by atoms with Gasteiger partial charge in [-0.05, 0) is 18.3 Å². The Bertz CT molecular complexity index is 251. The van der Waals surface area contributed by atoms with Gasteiger partial charge in [0, 0.05) is 0 Å². The van der Waals surface area contributed by atoms with Crippen molar-refractivity contribution >= 4 is 9.84 Å². The van der Waals surface area contributed by atoms with Crippen molar-refractivity contribution in [2.75, 3.05) is 5.75 Å². The number of rotatable bonds is 0. The summed E-state index contributed by atoms with van der Waals surface area (Å²) in [6.45, 7) is 7.90. The van der Waals surface area contributed by atoms with Gasteiger partial charge in [0.25, 0.3) is 0 Å². The molecule has 0 aliphatic carbocycles. The van der Waals surface area contributed by atoms with Gasteiger partial charge < -0.3 is 0 Å². The number of hydrogen-bond donors (Lipinski definition) is 0. The summed E-state index contributed by atoms with van der Waals surface area (Å²) in [5, 5.41) is -0.176. The van der Waals surface area contributed by atoms with Gasteiger partial charge in [-0.1, -0.05) is 20.8 Å². The molecule has 0 aromatic heterocycles. The Kier molecular flexibility index (Phi) is 1.82. The van der Waals surface area contributed by atoms with E-state index in [0.717, 1.165) is 0 Å². The van der Waals surface area contributed by atoms with Crippen LogP contribution in [0.25, 0.3) is 0 Å². The molecule has 0 aromatic rings. The molecular formula is C8H16O2S. The predicted octanol–water partition coefficient (Wildman–Crippen LogP) is 1.47. The summed E-state index contributed by atoms with van der Waals surface area (Å²) < 4.78 is 22.8. The molecule has 11 heavy (non-hydrogen) atoms. The third kappa shape index (κ3) is 1.19. The Morgan fingerprint density at radius 1 is 1.27 bits per heavy atom. The highest BCUT2D eigenvalue weighted by atomic mass is 32.2. The third-order valence-corrected chi connectivity index (χ3v) is 5.99. The van der Waals surface area contributed by atoms with Gasteiger partial charge in [-0.2, -0.15) is 0 Å². The van der Waals surface area contributed by atoms with Crippen LogP contribution in [-0.2, 0) is 9.84 Å². The molecule has 1 aliphatic heterocycles. The van der Waals surface area contributed by atoms with Crippen LogP contribution in [0.5, 0.6) is 0 Å². The molecule has 1 saturated heterocycles. The molecule has 3 heteroatoms. The quantitative estimate of drug-likeness (QED) is 0.560. The van der Waals surface area contributed by atoms with Crippen molar-refractivity contribution in [3.05, 3.63) is 0 Å². The molecule has 2 atom stereocenters. The van der Waals surface area contributed by atoms with Crippen molar-refractivity contribution in [2.24, 2.45) is 11.3 Å². The first-order valence-electron chi connectivity index (χ1n) is 4.00. The van der Waals surface area contributed by atoms with Crippen molar-refractivity contribution in [3.8, 4) is 0 Å². The van der Waals surface area contributed by atoms with Gasteiger partial charge in [0.2, 0.25) is 0 Å². The summed E-state index contributed by atoms with van der Waals surface area (Å²) in [5.74, 6) is 0.656. The number of sulfone groups is 1. The summed E-state index contributed by atoms with van der Waals surface area (Å²) in [7, 11) is -2.78. The third-order valence-electron chi connectivity index (χ3n) is 3.34. The molecule has 1 rings (SSSR count). The topological polar surface area (TPSA) is 34.1 Å². The summed E-state index contributed by atoms with van der Waals surface area (Å²) >= 11 is 0. The Labute approximate surface area is 68.9 Å². The van der Waals surface area contributed by atoms with Gasteiger partial charge in [0.15, 0.2) is 9.84 Å². The minimum absolute atomic E-state index is 0.0428. The van der Waals surface area contributed by atoms with E-state index in [2.05, 4.69) is 0 Å². The maximum Gasteiger partial charge on any atom is 0.153 e. The lowest BCUT2D eigenvalue weighted by Gasteiger charge is -2.26. The molecule has 0 amide bonds. The number of hydrogen-bond acceptors (Lipinski definition) is 2. The first-order chi connectivity index (χ1) is 4.78. The van der Waals surface area contributed by atoms with Crippen LogP contribution in [0.2, 0.25) is 0 Å². The van der Waals surface area contributed by atoms with E-state index in [9.17, 15) is 8.42 Å².